The number of amides is 1. The molecule has 1 aromatic carbocycles. The van der Waals surface area contributed by atoms with Gasteiger partial charge in [-0.2, -0.15) is 13.2 Å². The summed E-state index contributed by atoms with van der Waals surface area (Å²) in [5.41, 5.74) is 1.52. The monoisotopic (exact) mass is 443 g/mol. The Morgan fingerprint density at radius 2 is 2.21 bits per heavy atom. The first-order valence-corrected chi connectivity index (χ1v) is 10.1. The number of imidazole rings is 1. The Morgan fingerprint density at radius 1 is 1.41 bits per heavy atom. The minimum atomic E-state index is -4.38. The van der Waals surface area contributed by atoms with Gasteiger partial charge in [-0.05, 0) is 37.6 Å². The van der Waals surface area contributed by atoms with Gasteiger partial charge in [0, 0.05) is 16.7 Å². The van der Waals surface area contributed by atoms with Crippen molar-refractivity contribution >= 4 is 39.9 Å². The second kappa shape index (κ2) is 7.53. The van der Waals surface area contributed by atoms with E-state index in [4.69, 9.17) is 16.3 Å². The third kappa shape index (κ3) is 4.51. The smallest absolute Gasteiger partial charge is 0.422 e. The van der Waals surface area contributed by atoms with Crippen molar-refractivity contribution in [3.8, 4) is 5.06 Å². The van der Waals surface area contributed by atoms with Crippen molar-refractivity contribution in [1.29, 1.82) is 0 Å². The number of nitrogens with zero attached hydrogens (tertiary/aromatic N) is 1. The van der Waals surface area contributed by atoms with Gasteiger partial charge in [0.1, 0.15) is 11.3 Å². The molecule has 10 heteroatoms. The molecule has 2 heterocycles. The van der Waals surface area contributed by atoms with Crippen LogP contribution in [0.25, 0.3) is 11.0 Å². The quantitative estimate of drug-likeness (QED) is 0.550. The van der Waals surface area contributed by atoms with E-state index in [9.17, 15) is 18.0 Å². The molecule has 0 aliphatic heterocycles. The van der Waals surface area contributed by atoms with E-state index in [0.29, 0.717) is 17.0 Å². The van der Waals surface area contributed by atoms with Gasteiger partial charge in [0.15, 0.2) is 11.7 Å². The number of alkyl halides is 3. The van der Waals surface area contributed by atoms with E-state index in [-0.39, 0.29) is 28.8 Å². The third-order valence-corrected chi connectivity index (χ3v) is 6.21. The molecule has 1 aliphatic rings. The first kappa shape index (κ1) is 20.0. The lowest BCUT2D eigenvalue weighted by molar-refractivity contribution is -0.152. The molecular formula is C19H17ClF3N3O2S. The number of hydrogen-bond acceptors (Lipinski definition) is 4. The van der Waals surface area contributed by atoms with E-state index >= 15 is 0 Å². The fourth-order valence-corrected chi connectivity index (χ4v) is 4.24. The number of carbonyl (C=O) groups is 1. The average molecular weight is 444 g/mol. The summed E-state index contributed by atoms with van der Waals surface area (Å²) in [6, 6.07) is 8.29. The van der Waals surface area contributed by atoms with Crippen LogP contribution < -0.4 is 10.1 Å². The first-order chi connectivity index (χ1) is 13.7. The van der Waals surface area contributed by atoms with E-state index in [2.05, 4.69) is 15.3 Å². The Hall–Kier alpha value is -2.26. The van der Waals surface area contributed by atoms with E-state index in [1.165, 1.54) is 6.07 Å². The van der Waals surface area contributed by atoms with Gasteiger partial charge < -0.3 is 15.0 Å². The number of H-pyrrole nitrogens is 1. The van der Waals surface area contributed by atoms with E-state index in [1.54, 1.807) is 19.1 Å². The van der Waals surface area contributed by atoms with Crippen LogP contribution in [0.4, 0.5) is 13.2 Å². The molecule has 0 spiro atoms. The molecule has 2 aromatic heterocycles. The summed E-state index contributed by atoms with van der Waals surface area (Å²) in [7, 11) is 0. The van der Waals surface area contributed by atoms with Crippen LogP contribution in [-0.4, -0.2) is 28.7 Å². The topological polar surface area (TPSA) is 67.0 Å². The van der Waals surface area contributed by atoms with Gasteiger partial charge in [-0.15, -0.1) is 11.3 Å². The highest BCUT2D eigenvalue weighted by Gasteiger charge is 2.46. The van der Waals surface area contributed by atoms with Gasteiger partial charge in [-0.1, -0.05) is 17.7 Å². The molecule has 1 aliphatic carbocycles. The Kier molecular flexibility index (Phi) is 5.20. The summed E-state index contributed by atoms with van der Waals surface area (Å²) < 4.78 is 41.5. The zero-order valence-electron chi connectivity index (χ0n) is 15.2. The van der Waals surface area contributed by atoms with Crippen molar-refractivity contribution in [3.05, 3.63) is 46.1 Å². The lowest BCUT2D eigenvalue weighted by Gasteiger charge is -2.12. The number of halogens is 4. The van der Waals surface area contributed by atoms with Gasteiger partial charge >= 0.3 is 6.18 Å². The number of aromatic nitrogens is 2. The molecule has 4 rings (SSSR count). The van der Waals surface area contributed by atoms with Gasteiger partial charge in [0.05, 0.1) is 16.6 Å². The maximum absolute atomic E-state index is 12.6. The van der Waals surface area contributed by atoms with Crippen molar-refractivity contribution in [2.75, 3.05) is 6.61 Å². The van der Waals surface area contributed by atoms with Crippen LogP contribution in [0.3, 0.4) is 0 Å². The van der Waals surface area contributed by atoms with Crippen LogP contribution >= 0.6 is 22.9 Å². The lowest BCUT2D eigenvalue weighted by Crippen LogP contribution is -2.28. The van der Waals surface area contributed by atoms with Gasteiger partial charge in [-0.3, -0.25) is 4.79 Å². The molecule has 5 nitrogen and oxygen atoms in total. The van der Waals surface area contributed by atoms with Gasteiger partial charge in [0.25, 0.3) is 0 Å². The van der Waals surface area contributed by atoms with Crippen molar-refractivity contribution in [1.82, 2.24) is 15.3 Å². The van der Waals surface area contributed by atoms with Crippen molar-refractivity contribution < 1.29 is 22.7 Å². The van der Waals surface area contributed by atoms with Crippen LogP contribution in [0.1, 0.15) is 36.0 Å². The number of carbonyl (C=O) groups excluding carboxylic acids is 1. The molecule has 3 atom stereocenters. The number of para-hydroxylation sites is 1. The Morgan fingerprint density at radius 3 is 2.93 bits per heavy atom. The molecule has 0 saturated heterocycles. The van der Waals surface area contributed by atoms with Crippen LogP contribution in [0.2, 0.25) is 5.02 Å². The number of thiophene rings is 1. The second-order valence-corrected chi connectivity index (χ2v) is 8.48. The molecule has 29 heavy (non-hydrogen) atoms. The fraction of sp³-hybridized carbons (Fsp3) is 0.368. The first-order valence-electron chi connectivity index (χ1n) is 8.95. The summed E-state index contributed by atoms with van der Waals surface area (Å²) in [6.07, 6.45) is -3.70. The van der Waals surface area contributed by atoms with Gasteiger partial charge in [0.2, 0.25) is 5.91 Å². The van der Waals surface area contributed by atoms with E-state index < -0.39 is 12.8 Å². The molecule has 1 saturated carbocycles. The summed E-state index contributed by atoms with van der Waals surface area (Å²) >= 11 is 7.23. The molecule has 0 radical (unpaired) electrons. The predicted molar refractivity (Wildman–Crippen MR) is 104 cm³/mol. The summed E-state index contributed by atoms with van der Waals surface area (Å²) in [5.74, 6) is 0.428. The van der Waals surface area contributed by atoms with Crippen LogP contribution in [0, 0.1) is 5.92 Å². The molecule has 154 valence electrons. The van der Waals surface area contributed by atoms with E-state index in [0.717, 1.165) is 27.6 Å². The zero-order valence-corrected chi connectivity index (χ0v) is 16.8. The zero-order chi connectivity index (χ0) is 20.8. The highest BCUT2D eigenvalue weighted by atomic mass is 35.5. The largest absolute Gasteiger partial charge is 0.475 e. The van der Waals surface area contributed by atoms with Gasteiger partial charge in [-0.25, -0.2) is 4.98 Å². The number of aromatic amines is 1. The molecule has 1 amide bonds. The number of rotatable bonds is 6. The Balaban J connectivity index is 1.35. The standard InChI is InChI=1S/C19H17ClF3N3O2S/c1-9(14-5-6-15(29-14)28-8-19(21,22)23)24-18(27)11-7-10(11)17-25-13-4-2-3-12(20)16(13)26-17/h2-6,9-11H,7-8H2,1H3,(H,24,27)(H,25,26)/t9?,10-,11-/m1/s1. The number of fused-ring (bicyclic) bond motifs is 1. The SMILES string of the molecule is CC(NC(=O)[C@@H]1C[C@H]1c1nc2c(Cl)cccc2[nH]1)c1ccc(OCC(F)(F)F)s1. The highest BCUT2D eigenvalue weighted by Crippen LogP contribution is 2.47. The normalized spacial score (nSPS) is 19.9. The fourth-order valence-electron chi connectivity index (χ4n) is 3.17. The predicted octanol–water partition coefficient (Wildman–Crippen LogP) is 5.20. The Labute approximate surface area is 173 Å². The number of ether oxygens (including phenoxy) is 1. The lowest BCUT2D eigenvalue weighted by atomic mass is 10.2. The minimum absolute atomic E-state index is 0.000294. The summed E-state index contributed by atoms with van der Waals surface area (Å²) in [5, 5.41) is 3.64. The number of nitrogens with one attached hydrogen (secondary N) is 2. The molecule has 1 unspecified atom stereocenters. The van der Waals surface area contributed by atoms with Crippen molar-refractivity contribution in [3.63, 3.8) is 0 Å². The van der Waals surface area contributed by atoms with E-state index in [1.807, 2.05) is 12.1 Å². The molecule has 2 N–H and O–H groups in total. The molecular weight excluding hydrogens is 427 g/mol. The average Bonchev–Trinajstić information content (AvgIpc) is 3.10. The van der Waals surface area contributed by atoms with Crippen LogP contribution in [-0.2, 0) is 4.79 Å². The molecule has 1 fully saturated rings. The third-order valence-electron chi connectivity index (χ3n) is 4.73. The maximum Gasteiger partial charge on any atom is 0.422 e. The second-order valence-electron chi connectivity index (χ2n) is 7.00. The minimum Gasteiger partial charge on any atom is -0.475 e. The van der Waals surface area contributed by atoms with Crippen LogP contribution in [0.5, 0.6) is 5.06 Å². The highest BCUT2D eigenvalue weighted by molar-refractivity contribution is 7.13. The Bertz CT molecular complexity index is 1050. The maximum atomic E-state index is 12.6. The van der Waals surface area contributed by atoms with Crippen molar-refractivity contribution in [2.45, 2.75) is 31.5 Å². The van der Waals surface area contributed by atoms with Crippen LogP contribution in [0.15, 0.2) is 30.3 Å². The molecule has 0 bridgehead atoms. The number of benzene rings is 1. The van der Waals surface area contributed by atoms with Crippen molar-refractivity contribution in [2.24, 2.45) is 5.92 Å². The summed E-state index contributed by atoms with van der Waals surface area (Å²) in [4.78, 5) is 21.0. The summed E-state index contributed by atoms with van der Waals surface area (Å²) in [6.45, 7) is 0.453. The molecule has 3 aromatic rings. The number of hydrogen-bond donors (Lipinski definition) is 2.